The number of rotatable bonds is 6. The van der Waals surface area contributed by atoms with Crippen LogP contribution in [0.3, 0.4) is 0 Å². The quantitative estimate of drug-likeness (QED) is 0.386. The fourth-order valence-electron chi connectivity index (χ4n) is 3.40. The molecule has 1 N–H and O–H groups in total. The SMILES string of the molecule is COc1c(F)c(F)cc(C(=O)Nc2ccc(Oc3cc(-n4nc(C)cc4C)nc(C)n3)cc2)c1F. The van der Waals surface area contributed by atoms with Crippen LogP contribution < -0.4 is 14.8 Å². The fraction of sp³-hybridized carbons (Fsp3) is 0.167. The van der Waals surface area contributed by atoms with E-state index < -0.39 is 34.7 Å². The molecule has 180 valence electrons. The topological polar surface area (TPSA) is 91.2 Å². The lowest BCUT2D eigenvalue weighted by Gasteiger charge is -2.11. The van der Waals surface area contributed by atoms with Crippen LogP contribution in [-0.2, 0) is 0 Å². The van der Waals surface area contributed by atoms with Crippen molar-refractivity contribution in [2.75, 3.05) is 12.4 Å². The standard InChI is InChI=1S/C24H20F3N5O3/c1-12-9-13(2)32(31-12)19-11-20(29-14(3)28-19)35-16-7-5-15(6-8-16)30-24(33)17-10-18(25)22(27)23(34-4)21(17)26/h5-11H,1-4H3,(H,30,33). The normalized spacial score (nSPS) is 10.8. The van der Waals surface area contributed by atoms with Crippen molar-refractivity contribution in [1.82, 2.24) is 19.7 Å². The van der Waals surface area contributed by atoms with E-state index in [-0.39, 0.29) is 11.6 Å². The summed E-state index contributed by atoms with van der Waals surface area (Å²) in [7, 11) is 0.973. The second kappa shape index (κ2) is 9.45. The molecule has 0 radical (unpaired) electrons. The first-order chi connectivity index (χ1) is 16.7. The minimum Gasteiger partial charge on any atom is -0.491 e. The Kier molecular flexibility index (Phi) is 6.41. The molecule has 2 aromatic carbocycles. The smallest absolute Gasteiger partial charge is 0.258 e. The number of benzene rings is 2. The van der Waals surface area contributed by atoms with Crippen LogP contribution in [-0.4, -0.2) is 32.8 Å². The van der Waals surface area contributed by atoms with Gasteiger partial charge in [0.05, 0.1) is 18.4 Å². The molecule has 0 atom stereocenters. The van der Waals surface area contributed by atoms with Gasteiger partial charge in [0.25, 0.3) is 5.91 Å². The molecule has 0 unspecified atom stereocenters. The summed E-state index contributed by atoms with van der Waals surface area (Å²) in [6, 6.07) is 10.1. The van der Waals surface area contributed by atoms with Crippen molar-refractivity contribution in [1.29, 1.82) is 0 Å². The van der Waals surface area contributed by atoms with Crippen molar-refractivity contribution in [3.05, 3.63) is 82.7 Å². The summed E-state index contributed by atoms with van der Waals surface area (Å²) in [5, 5.41) is 6.83. The second-order valence-corrected chi connectivity index (χ2v) is 7.60. The van der Waals surface area contributed by atoms with Crippen LogP contribution in [0.5, 0.6) is 17.4 Å². The van der Waals surface area contributed by atoms with Crippen LogP contribution in [0, 0.1) is 38.2 Å². The van der Waals surface area contributed by atoms with E-state index in [4.69, 9.17) is 4.74 Å². The van der Waals surface area contributed by atoms with Crippen LogP contribution in [0.4, 0.5) is 18.9 Å². The third kappa shape index (κ3) is 4.93. The van der Waals surface area contributed by atoms with E-state index in [2.05, 4.69) is 25.1 Å². The molecule has 1 amide bonds. The first-order valence-electron chi connectivity index (χ1n) is 10.4. The second-order valence-electron chi connectivity index (χ2n) is 7.60. The number of anilines is 1. The number of hydrogen-bond donors (Lipinski definition) is 1. The van der Waals surface area contributed by atoms with Crippen LogP contribution >= 0.6 is 0 Å². The van der Waals surface area contributed by atoms with Gasteiger partial charge in [-0.05, 0) is 57.2 Å². The highest BCUT2D eigenvalue weighted by molar-refractivity contribution is 6.04. The van der Waals surface area contributed by atoms with Crippen molar-refractivity contribution in [2.24, 2.45) is 0 Å². The van der Waals surface area contributed by atoms with E-state index in [9.17, 15) is 18.0 Å². The minimum atomic E-state index is -1.51. The Hall–Kier alpha value is -4.41. The van der Waals surface area contributed by atoms with E-state index in [1.54, 1.807) is 29.8 Å². The molecule has 0 aliphatic rings. The molecule has 11 heteroatoms. The number of carbonyl (C=O) groups is 1. The first kappa shape index (κ1) is 23.7. The Morgan fingerprint density at radius 1 is 0.971 bits per heavy atom. The van der Waals surface area contributed by atoms with Gasteiger partial charge in [-0.15, -0.1) is 0 Å². The Bertz CT molecular complexity index is 1420. The molecular weight excluding hydrogens is 463 g/mol. The van der Waals surface area contributed by atoms with Crippen molar-refractivity contribution < 1.29 is 27.4 Å². The Morgan fingerprint density at radius 3 is 2.31 bits per heavy atom. The van der Waals surface area contributed by atoms with Crippen LogP contribution in [0.1, 0.15) is 27.6 Å². The zero-order chi connectivity index (χ0) is 25.3. The molecule has 8 nitrogen and oxygen atoms in total. The van der Waals surface area contributed by atoms with Crippen LogP contribution in [0.15, 0.2) is 42.5 Å². The number of nitrogens with one attached hydrogen (secondary N) is 1. The zero-order valence-electron chi connectivity index (χ0n) is 19.2. The fourth-order valence-corrected chi connectivity index (χ4v) is 3.40. The predicted octanol–water partition coefficient (Wildman–Crippen LogP) is 5.06. The van der Waals surface area contributed by atoms with Gasteiger partial charge in [-0.25, -0.2) is 18.4 Å². The van der Waals surface area contributed by atoms with E-state index in [0.29, 0.717) is 23.5 Å². The summed E-state index contributed by atoms with van der Waals surface area (Å²) in [5.41, 5.74) is 1.32. The number of aryl methyl sites for hydroxylation is 3. The lowest BCUT2D eigenvalue weighted by molar-refractivity contribution is 0.102. The summed E-state index contributed by atoms with van der Waals surface area (Å²) in [6.45, 7) is 5.52. The average molecular weight is 483 g/mol. The van der Waals surface area contributed by atoms with Crippen LogP contribution in [0.25, 0.3) is 5.82 Å². The highest BCUT2D eigenvalue weighted by Gasteiger charge is 2.23. The lowest BCUT2D eigenvalue weighted by Crippen LogP contribution is -2.15. The van der Waals surface area contributed by atoms with Gasteiger partial charge in [0.15, 0.2) is 23.2 Å². The highest BCUT2D eigenvalue weighted by atomic mass is 19.2. The van der Waals surface area contributed by atoms with Crippen molar-refractivity contribution in [3.8, 4) is 23.2 Å². The summed E-state index contributed by atoms with van der Waals surface area (Å²) in [5.74, 6) is -4.45. The molecule has 4 aromatic rings. The van der Waals surface area contributed by atoms with Gasteiger partial charge in [-0.2, -0.15) is 14.5 Å². The number of methoxy groups -OCH3 is 1. The van der Waals surface area contributed by atoms with Gasteiger partial charge in [0, 0.05) is 17.4 Å². The molecule has 0 fully saturated rings. The van der Waals surface area contributed by atoms with Gasteiger partial charge >= 0.3 is 0 Å². The maximum Gasteiger partial charge on any atom is 0.258 e. The molecule has 0 saturated carbocycles. The molecule has 35 heavy (non-hydrogen) atoms. The third-order valence-electron chi connectivity index (χ3n) is 4.93. The predicted molar refractivity (Wildman–Crippen MR) is 121 cm³/mol. The largest absolute Gasteiger partial charge is 0.491 e. The number of carbonyl (C=O) groups excluding carboxylic acids is 1. The van der Waals surface area contributed by atoms with Gasteiger partial charge in [-0.1, -0.05) is 0 Å². The van der Waals surface area contributed by atoms with E-state index in [0.717, 1.165) is 18.5 Å². The number of hydrogen-bond acceptors (Lipinski definition) is 6. The third-order valence-corrected chi connectivity index (χ3v) is 4.93. The van der Waals surface area contributed by atoms with Gasteiger partial charge in [0.2, 0.25) is 11.7 Å². The molecule has 2 aromatic heterocycles. The van der Waals surface area contributed by atoms with Crippen molar-refractivity contribution in [3.63, 3.8) is 0 Å². The van der Waals surface area contributed by atoms with E-state index >= 15 is 0 Å². The Morgan fingerprint density at radius 2 is 1.69 bits per heavy atom. The molecule has 4 rings (SSSR count). The monoisotopic (exact) mass is 483 g/mol. The summed E-state index contributed by atoms with van der Waals surface area (Å²) < 4.78 is 53.7. The van der Waals surface area contributed by atoms with Crippen LogP contribution in [0.2, 0.25) is 0 Å². The molecule has 0 bridgehead atoms. The molecule has 0 aliphatic heterocycles. The number of amides is 1. The summed E-state index contributed by atoms with van der Waals surface area (Å²) in [6.07, 6.45) is 0. The van der Waals surface area contributed by atoms with E-state index in [1.165, 1.54) is 12.1 Å². The minimum absolute atomic E-state index is 0.271. The maximum absolute atomic E-state index is 14.4. The maximum atomic E-state index is 14.4. The molecule has 0 spiro atoms. The number of aromatic nitrogens is 4. The van der Waals surface area contributed by atoms with Crippen molar-refractivity contribution >= 4 is 11.6 Å². The molecule has 2 heterocycles. The zero-order valence-corrected chi connectivity index (χ0v) is 19.2. The van der Waals surface area contributed by atoms with Gasteiger partial charge in [0.1, 0.15) is 11.6 Å². The highest BCUT2D eigenvalue weighted by Crippen LogP contribution is 2.28. The number of halogens is 3. The van der Waals surface area contributed by atoms with Gasteiger partial charge < -0.3 is 14.8 Å². The van der Waals surface area contributed by atoms with Crippen molar-refractivity contribution in [2.45, 2.75) is 20.8 Å². The van der Waals surface area contributed by atoms with Gasteiger partial charge in [-0.3, -0.25) is 4.79 Å². The first-order valence-corrected chi connectivity index (χ1v) is 10.4. The Balaban J connectivity index is 1.51. The molecule has 0 aliphatic carbocycles. The number of ether oxygens (including phenoxy) is 2. The number of nitrogens with zero attached hydrogens (tertiary/aromatic N) is 4. The molecular formula is C24H20F3N5O3. The Labute approximate surface area is 198 Å². The average Bonchev–Trinajstić information content (AvgIpc) is 3.15. The van der Waals surface area contributed by atoms with E-state index in [1.807, 2.05) is 19.9 Å². The summed E-state index contributed by atoms with van der Waals surface area (Å²) in [4.78, 5) is 21.1. The molecule has 0 saturated heterocycles. The lowest BCUT2D eigenvalue weighted by atomic mass is 10.1. The summed E-state index contributed by atoms with van der Waals surface area (Å²) >= 11 is 0.